The summed E-state index contributed by atoms with van der Waals surface area (Å²) in [4.78, 5) is 10.9. The van der Waals surface area contributed by atoms with Crippen LogP contribution in [0.15, 0.2) is 42.5 Å². The molecule has 0 amide bonds. The molecular formula is C14H11IO3. The number of carbonyl (C=O) groups is 1. The topological polar surface area (TPSA) is 46.5 Å². The van der Waals surface area contributed by atoms with E-state index in [2.05, 4.69) is 22.6 Å². The molecule has 0 bridgehead atoms. The molecule has 0 fully saturated rings. The van der Waals surface area contributed by atoms with Crippen LogP contribution in [0.5, 0.6) is 11.5 Å². The third-order valence-electron chi connectivity index (χ3n) is 2.49. The standard InChI is InChI=1S/C14H11IO3/c1-9-8-10(6-7-11(9)14(16)17)18-13-5-3-2-4-12(13)15/h2-8H,1H3,(H,16,17). The normalized spacial score (nSPS) is 10.1. The van der Waals surface area contributed by atoms with Crippen molar-refractivity contribution in [3.05, 3.63) is 57.2 Å². The Morgan fingerprint density at radius 1 is 1.22 bits per heavy atom. The lowest BCUT2D eigenvalue weighted by molar-refractivity contribution is 0.0696. The van der Waals surface area contributed by atoms with Crippen LogP contribution in [0.4, 0.5) is 0 Å². The van der Waals surface area contributed by atoms with Gasteiger partial charge >= 0.3 is 5.97 Å². The lowest BCUT2D eigenvalue weighted by Crippen LogP contribution is -1.99. The summed E-state index contributed by atoms with van der Waals surface area (Å²) in [7, 11) is 0. The van der Waals surface area contributed by atoms with Crippen molar-refractivity contribution in [3.8, 4) is 11.5 Å². The molecule has 3 nitrogen and oxygen atoms in total. The van der Waals surface area contributed by atoms with E-state index < -0.39 is 5.97 Å². The Labute approximate surface area is 119 Å². The quantitative estimate of drug-likeness (QED) is 0.845. The molecule has 1 N–H and O–H groups in total. The predicted molar refractivity (Wildman–Crippen MR) is 77.4 cm³/mol. The zero-order valence-corrected chi connectivity index (χ0v) is 11.8. The number of hydrogen-bond acceptors (Lipinski definition) is 2. The Balaban J connectivity index is 2.29. The molecular weight excluding hydrogens is 343 g/mol. The molecule has 92 valence electrons. The van der Waals surface area contributed by atoms with Crippen LogP contribution in [0.3, 0.4) is 0 Å². The van der Waals surface area contributed by atoms with Gasteiger partial charge in [0.15, 0.2) is 0 Å². The number of carboxylic acid groups (broad SMARTS) is 1. The first-order valence-electron chi connectivity index (χ1n) is 5.34. The van der Waals surface area contributed by atoms with Crippen molar-refractivity contribution in [2.75, 3.05) is 0 Å². The Bertz CT molecular complexity index is 593. The van der Waals surface area contributed by atoms with E-state index in [9.17, 15) is 4.79 Å². The molecule has 0 unspecified atom stereocenters. The minimum atomic E-state index is -0.923. The van der Waals surface area contributed by atoms with E-state index in [0.29, 0.717) is 16.9 Å². The van der Waals surface area contributed by atoms with E-state index in [1.807, 2.05) is 24.3 Å². The maximum atomic E-state index is 10.9. The molecule has 0 aliphatic carbocycles. The molecule has 0 aliphatic heterocycles. The van der Waals surface area contributed by atoms with Gasteiger partial charge in [-0.1, -0.05) is 12.1 Å². The van der Waals surface area contributed by atoms with Gasteiger partial charge in [-0.2, -0.15) is 0 Å². The number of ether oxygens (including phenoxy) is 1. The van der Waals surface area contributed by atoms with Gasteiger partial charge in [0.25, 0.3) is 0 Å². The number of para-hydroxylation sites is 1. The van der Waals surface area contributed by atoms with E-state index >= 15 is 0 Å². The Morgan fingerprint density at radius 3 is 2.56 bits per heavy atom. The predicted octanol–water partition coefficient (Wildman–Crippen LogP) is 4.09. The van der Waals surface area contributed by atoms with Gasteiger partial charge in [0.2, 0.25) is 0 Å². The second-order valence-corrected chi connectivity index (χ2v) is 4.98. The lowest BCUT2D eigenvalue weighted by atomic mass is 10.1. The third kappa shape index (κ3) is 2.81. The highest BCUT2D eigenvalue weighted by molar-refractivity contribution is 14.1. The van der Waals surface area contributed by atoms with Crippen LogP contribution in [-0.2, 0) is 0 Å². The van der Waals surface area contributed by atoms with Gasteiger partial charge in [0.1, 0.15) is 11.5 Å². The first kappa shape index (κ1) is 12.9. The van der Waals surface area contributed by atoms with Crippen molar-refractivity contribution >= 4 is 28.6 Å². The summed E-state index contributed by atoms with van der Waals surface area (Å²) in [5, 5.41) is 8.95. The summed E-state index contributed by atoms with van der Waals surface area (Å²) >= 11 is 2.19. The monoisotopic (exact) mass is 354 g/mol. The van der Waals surface area contributed by atoms with Crippen LogP contribution in [0.2, 0.25) is 0 Å². The first-order valence-corrected chi connectivity index (χ1v) is 6.42. The van der Waals surface area contributed by atoms with E-state index in [1.165, 1.54) is 0 Å². The lowest BCUT2D eigenvalue weighted by Gasteiger charge is -2.09. The molecule has 18 heavy (non-hydrogen) atoms. The second-order valence-electron chi connectivity index (χ2n) is 3.81. The average Bonchev–Trinajstić information content (AvgIpc) is 2.32. The van der Waals surface area contributed by atoms with Gasteiger partial charge in [-0.25, -0.2) is 4.79 Å². The van der Waals surface area contributed by atoms with Crippen LogP contribution in [0.1, 0.15) is 15.9 Å². The number of hydrogen-bond donors (Lipinski definition) is 1. The van der Waals surface area contributed by atoms with E-state index in [-0.39, 0.29) is 0 Å². The highest BCUT2D eigenvalue weighted by atomic mass is 127. The van der Waals surface area contributed by atoms with E-state index in [1.54, 1.807) is 25.1 Å². The highest BCUT2D eigenvalue weighted by Crippen LogP contribution is 2.27. The zero-order chi connectivity index (χ0) is 13.1. The van der Waals surface area contributed by atoms with Crippen molar-refractivity contribution in [2.45, 2.75) is 6.92 Å². The Kier molecular flexibility index (Phi) is 3.86. The summed E-state index contributed by atoms with van der Waals surface area (Å²) in [5.41, 5.74) is 0.982. The number of benzene rings is 2. The minimum absolute atomic E-state index is 0.296. The summed E-state index contributed by atoms with van der Waals surface area (Å²) < 4.78 is 6.73. The summed E-state index contributed by atoms with van der Waals surface area (Å²) in [6.07, 6.45) is 0. The summed E-state index contributed by atoms with van der Waals surface area (Å²) in [6, 6.07) is 12.6. The molecule has 0 radical (unpaired) electrons. The SMILES string of the molecule is Cc1cc(Oc2ccccc2I)ccc1C(=O)O. The smallest absolute Gasteiger partial charge is 0.335 e. The molecule has 2 aromatic rings. The molecule has 0 atom stereocenters. The zero-order valence-electron chi connectivity index (χ0n) is 9.68. The number of rotatable bonds is 3. The van der Waals surface area contributed by atoms with Gasteiger partial charge < -0.3 is 9.84 Å². The van der Waals surface area contributed by atoms with Gasteiger partial charge in [-0.3, -0.25) is 0 Å². The van der Waals surface area contributed by atoms with Gasteiger partial charge in [-0.05, 0) is 65.4 Å². The molecule has 4 heteroatoms. The fraction of sp³-hybridized carbons (Fsp3) is 0.0714. The molecule has 0 spiro atoms. The average molecular weight is 354 g/mol. The largest absolute Gasteiger partial charge is 0.478 e. The molecule has 0 saturated carbocycles. The third-order valence-corrected chi connectivity index (χ3v) is 3.38. The summed E-state index contributed by atoms with van der Waals surface area (Å²) in [5.74, 6) is 0.482. The van der Waals surface area contributed by atoms with Crippen LogP contribution in [-0.4, -0.2) is 11.1 Å². The van der Waals surface area contributed by atoms with Crippen molar-refractivity contribution in [3.63, 3.8) is 0 Å². The maximum Gasteiger partial charge on any atom is 0.335 e. The van der Waals surface area contributed by atoms with Gasteiger partial charge in [0, 0.05) is 0 Å². The van der Waals surface area contributed by atoms with E-state index in [4.69, 9.17) is 9.84 Å². The van der Waals surface area contributed by atoms with Gasteiger partial charge in [-0.15, -0.1) is 0 Å². The van der Waals surface area contributed by atoms with Crippen molar-refractivity contribution in [1.82, 2.24) is 0 Å². The van der Waals surface area contributed by atoms with E-state index in [0.717, 1.165) is 9.32 Å². The fourth-order valence-electron chi connectivity index (χ4n) is 1.59. The number of aryl methyl sites for hydroxylation is 1. The fourth-order valence-corrected chi connectivity index (χ4v) is 2.09. The molecule has 0 saturated heterocycles. The molecule has 0 aromatic heterocycles. The van der Waals surface area contributed by atoms with Crippen molar-refractivity contribution in [2.24, 2.45) is 0 Å². The molecule has 2 aromatic carbocycles. The number of aromatic carboxylic acids is 1. The Morgan fingerprint density at radius 2 is 1.94 bits per heavy atom. The number of halogens is 1. The molecule has 0 aliphatic rings. The first-order chi connectivity index (χ1) is 8.58. The maximum absolute atomic E-state index is 10.9. The molecule has 2 rings (SSSR count). The Hall–Kier alpha value is -1.56. The summed E-state index contributed by atoms with van der Waals surface area (Å²) in [6.45, 7) is 1.76. The number of carboxylic acids is 1. The second kappa shape index (κ2) is 5.39. The van der Waals surface area contributed by atoms with Crippen molar-refractivity contribution in [1.29, 1.82) is 0 Å². The van der Waals surface area contributed by atoms with Crippen LogP contribution >= 0.6 is 22.6 Å². The minimum Gasteiger partial charge on any atom is -0.478 e. The van der Waals surface area contributed by atoms with Crippen LogP contribution in [0, 0.1) is 10.5 Å². The molecule has 0 heterocycles. The highest BCUT2D eigenvalue weighted by Gasteiger charge is 2.08. The van der Waals surface area contributed by atoms with Crippen LogP contribution < -0.4 is 4.74 Å². The van der Waals surface area contributed by atoms with Crippen molar-refractivity contribution < 1.29 is 14.6 Å². The van der Waals surface area contributed by atoms with Gasteiger partial charge in [0.05, 0.1) is 9.13 Å². The van der Waals surface area contributed by atoms with Crippen LogP contribution in [0.25, 0.3) is 0 Å².